The second-order valence-electron chi connectivity index (χ2n) is 5.36. The normalized spacial score (nSPS) is 12.8. The van der Waals surface area contributed by atoms with Crippen molar-refractivity contribution in [2.45, 2.75) is 27.2 Å². The van der Waals surface area contributed by atoms with Gasteiger partial charge >= 0.3 is 0 Å². The lowest BCUT2D eigenvalue weighted by molar-refractivity contribution is 1.29. The molecule has 2 aromatic rings. The summed E-state index contributed by atoms with van der Waals surface area (Å²) in [5.74, 6) is 0. The summed E-state index contributed by atoms with van der Waals surface area (Å²) in [4.78, 5) is 0. The summed E-state index contributed by atoms with van der Waals surface area (Å²) in [7, 11) is 0. The molecule has 0 bridgehead atoms. The molecule has 0 unspecified atom stereocenters. The Bertz CT molecular complexity index is 670. The van der Waals surface area contributed by atoms with E-state index >= 15 is 0 Å². The van der Waals surface area contributed by atoms with Crippen molar-refractivity contribution >= 4 is 17.7 Å². The highest BCUT2D eigenvalue weighted by Crippen LogP contribution is 2.36. The van der Waals surface area contributed by atoms with Gasteiger partial charge in [-0.3, -0.25) is 0 Å². The van der Waals surface area contributed by atoms with Crippen LogP contribution in [0.2, 0.25) is 5.02 Å². The fourth-order valence-corrected chi connectivity index (χ4v) is 3.03. The highest BCUT2D eigenvalue weighted by Gasteiger charge is 2.15. The lowest BCUT2D eigenvalue weighted by Gasteiger charge is -2.14. The summed E-state index contributed by atoms with van der Waals surface area (Å²) < 4.78 is 0. The Morgan fingerprint density at radius 1 is 0.947 bits per heavy atom. The second-order valence-corrected chi connectivity index (χ2v) is 5.74. The van der Waals surface area contributed by atoms with Crippen LogP contribution in [0, 0.1) is 20.8 Å². The van der Waals surface area contributed by atoms with E-state index in [1.807, 2.05) is 0 Å². The number of rotatable bonds is 1. The predicted molar refractivity (Wildman–Crippen MR) is 83.8 cm³/mol. The maximum Gasteiger partial charge on any atom is 0.0464 e. The maximum atomic E-state index is 6.28. The topological polar surface area (TPSA) is 0 Å². The number of hydrogen-bond acceptors (Lipinski definition) is 0. The molecular formula is C18H17Cl. The first-order valence-electron chi connectivity index (χ1n) is 6.64. The number of hydrogen-bond donors (Lipinski definition) is 0. The standard InChI is InChI=1S/C18H17Cl/c1-11-7-8-14-5-4-6-16(14)17(11)15-9-12(2)18(19)13(3)10-15/h4,6-10H,5H2,1-3H3. The molecule has 0 fully saturated rings. The molecule has 3 rings (SSSR count). The van der Waals surface area contributed by atoms with Gasteiger partial charge in [0.25, 0.3) is 0 Å². The van der Waals surface area contributed by atoms with Crippen LogP contribution in [0.25, 0.3) is 17.2 Å². The molecule has 1 heteroatoms. The molecule has 96 valence electrons. The minimum atomic E-state index is 0.879. The molecule has 0 radical (unpaired) electrons. The van der Waals surface area contributed by atoms with Crippen LogP contribution in [0.5, 0.6) is 0 Å². The Morgan fingerprint density at radius 3 is 2.32 bits per heavy atom. The van der Waals surface area contributed by atoms with Gasteiger partial charge in [0.15, 0.2) is 0 Å². The van der Waals surface area contributed by atoms with Gasteiger partial charge < -0.3 is 0 Å². The van der Waals surface area contributed by atoms with Gasteiger partial charge in [0, 0.05) is 5.02 Å². The van der Waals surface area contributed by atoms with E-state index in [4.69, 9.17) is 11.6 Å². The average Bonchev–Trinajstić information content (AvgIpc) is 2.83. The third-order valence-electron chi connectivity index (χ3n) is 3.89. The molecule has 0 saturated carbocycles. The van der Waals surface area contributed by atoms with Crippen molar-refractivity contribution in [1.29, 1.82) is 0 Å². The molecule has 2 aromatic carbocycles. The zero-order valence-corrected chi connectivity index (χ0v) is 12.3. The van der Waals surface area contributed by atoms with E-state index in [0.717, 1.165) is 22.6 Å². The van der Waals surface area contributed by atoms with Crippen molar-refractivity contribution < 1.29 is 0 Å². The molecule has 0 aromatic heterocycles. The summed E-state index contributed by atoms with van der Waals surface area (Å²) in [6.45, 7) is 6.33. The molecule has 19 heavy (non-hydrogen) atoms. The van der Waals surface area contributed by atoms with Crippen molar-refractivity contribution in [3.63, 3.8) is 0 Å². The molecule has 0 spiro atoms. The summed E-state index contributed by atoms with van der Waals surface area (Å²) >= 11 is 6.28. The molecular weight excluding hydrogens is 252 g/mol. The van der Waals surface area contributed by atoms with Crippen LogP contribution in [0.15, 0.2) is 30.3 Å². The monoisotopic (exact) mass is 268 g/mol. The van der Waals surface area contributed by atoms with Gasteiger partial charge in [-0.15, -0.1) is 0 Å². The van der Waals surface area contributed by atoms with E-state index in [2.05, 4.69) is 57.2 Å². The lowest BCUT2D eigenvalue weighted by atomic mass is 9.91. The highest BCUT2D eigenvalue weighted by atomic mass is 35.5. The first kappa shape index (κ1) is 12.5. The fourth-order valence-electron chi connectivity index (χ4n) is 2.92. The second kappa shape index (κ2) is 4.54. The number of benzene rings is 2. The molecule has 0 saturated heterocycles. The quantitative estimate of drug-likeness (QED) is 0.640. The SMILES string of the molecule is Cc1cc(-c2c(C)ccc3c2C=CC3)cc(C)c1Cl. The minimum Gasteiger partial charge on any atom is -0.0838 e. The predicted octanol–water partition coefficient (Wildman–Crippen LogP) is 5.50. The fraction of sp³-hybridized carbons (Fsp3) is 0.222. The Kier molecular flexibility index (Phi) is 2.99. The number of allylic oxidation sites excluding steroid dienone is 1. The Labute approximate surface area is 119 Å². The van der Waals surface area contributed by atoms with Gasteiger partial charge in [0.2, 0.25) is 0 Å². The van der Waals surface area contributed by atoms with Crippen LogP contribution in [0.3, 0.4) is 0 Å². The zero-order valence-electron chi connectivity index (χ0n) is 11.5. The Hall–Kier alpha value is -1.53. The molecule has 1 aliphatic carbocycles. The lowest BCUT2D eigenvalue weighted by Crippen LogP contribution is -1.93. The van der Waals surface area contributed by atoms with Gasteiger partial charge in [-0.2, -0.15) is 0 Å². The number of aryl methyl sites for hydroxylation is 3. The molecule has 0 amide bonds. The van der Waals surface area contributed by atoms with E-state index < -0.39 is 0 Å². The van der Waals surface area contributed by atoms with E-state index in [-0.39, 0.29) is 0 Å². The average molecular weight is 269 g/mol. The summed E-state index contributed by atoms with van der Waals surface area (Å²) in [5, 5.41) is 0.879. The van der Waals surface area contributed by atoms with E-state index in [0.29, 0.717) is 0 Å². The van der Waals surface area contributed by atoms with Gasteiger partial charge in [0.1, 0.15) is 0 Å². The van der Waals surface area contributed by atoms with Crippen LogP contribution in [0.1, 0.15) is 27.8 Å². The first-order valence-corrected chi connectivity index (χ1v) is 7.02. The number of fused-ring (bicyclic) bond motifs is 1. The molecule has 0 nitrogen and oxygen atoms in total. The third-order valence-corrected chi connectivity index (χ3v) is 4.49. The Morgan fingerprint density at radius 2 is 1.63 bits per heavy atom. The molecule has 0 heterocycles. The summed E-state index contributed by atoms with van der Waals surface area (Å²) in [6.07, 6.45) is 5.54. The van der Waals surface area contributed by atoms with Crippen LogP contribution >= 0.6 is 11.6 Å². The Balaban J connectivity index is 2.29. The van der Waals surface area contributed by atoms with Crippen LogP contribution in [-0.4, -0.2) is 0 Å². The van der Waals surface area contributed by atoms with E-state index in [1.54, 1.807) is 0 Å². The highest BCUT2D eigenvalue weighted by molar-refractivity contribution is 6.32. The summed E-state index contributed by atoms with van der Waals surface area (Å²) in [6, 6.07) is 8.86. The minimum absolute atomic E-state index is 0.879. The molecule has 0 aliphatic heterocycles. The van der Waals surface area contributed by atoms with Crippen LogP contribution in [-0.2, 0) is 6.42 Å². The maximum absolute atomic E-state index is 6.28. The van der Waals surface area contributed by atoms with E-state index in [9.17, 15) is 0 Å². The van der Waals surface area contributed by atoms with Gasteiger partial charge in [-0.05, 0) is 78.3 Å². The first-order chi connectivity index (χ1) is 9.08. The molecule has 1 aliphatic rings. The molecule has 0 atom stereocenters. The van der Waals surface area contributed by atoms with Gasteiger partial charge in [-0.1, -0.05) is 35.9 Å². The van der Waals surface area contributed by atoms with Crippen molar-refractivity contribution in [2.24, 2.45) is 0 Å². The van der Waals surface area contributed by atoms with Crippen molar-refractivity contribution in [3.8, 4) is 11.1 Å². The smallest absolute Gasteiger partial charge is 0.0464 e. The third kappa shape index (κ3) is 2.01. The van der Waals surface area contributed by atoms with E-state index in [1.165, 1.54) is 27.8 Å². The zero-order chi connectivity index (χ0) is 13.6. The van der Waals surface area contributed by atoms with Crippen LogP contribution in [0.4, 0.5) is 0 Å². The van der Waals surface area contributed by atoms with Gasteiger partial charge in [0.05, 0.1) is 0 Å². The summed E-state index contributed by atoms with van der Waals surface area (Å²) in [5.41, 5.74) is 9.05. The van der Waals surface area contributed by atoms with Crippen molar-refractivity contribution in [2.75, 3.05) is 0 Å². The number of halogens is 1. The van der Waals surface area contributed by atoms with Crippen LogP contribution < -0.4 is 0 Å². The largest absolute Gasteiger partial charge is 0.0838 e. The van der Waals surface area contributed by atoms with Crippen molar-refractivity contribution in [1.82, 2.24) is 0 Å². The van der Waals surface area contributed by atoms with Gasteiger partial charge in [-0.25, -0.2) is 0 Å². The molecule has 0 N–H and O–H groups in total. The van der Waals surface area contributed by atoms with Crippen molar-refractivity contribution in [3.05, 3.63) is 63.2 Å².